The lowest BCUT2D eigenvalue weighted by Gasteiger charge is -2.23. The number of aryl methyl sites for hydroxylation is 1. The SMILES string of the molecule is Cc1c(O)c(O)c(O)c2c(-c3cccc4oc5cc6ccccc6cc5c34)c3c(O)c(O)c(O)c(O)c3c(-c3ccc(-c4ccc(-c5ccccc5)cc4)cc3)c12. The fourth-order valence-electron chi connectivity index (χ4n) is 8.42. The Morgan fingerprint density at radius 2 is 0.825 bits per heavy atom. The third-order valence-electron chi connectivity index (χ3n) is 11.2. The molecule has 0 saturated heterocycles. The van der Waals surface area contributed by atoms with Gasteiger partial charge in [0.25, 0.3) is 0 Å². The number of fused-ring (bicyclic) bond motifs is 6. The van der Waals surface area contributed by atoms with E-state index in [-0.39, 0.29) is 38.2 Å². The van der Waals surface area contributed by atoms with E-state index in [1.165, 1.54) is 0 Å². The van der Waals surface area contributed by atoms with Gasteiger partial charge in [-0.15, -0.1) is 0 Å². The summed E-state index contributed by atoms with van der Waals surface area (Å²) in [5, 5.41) is 83.5. The van der Waals surface area contributed by atoms with Crippen molar-refractivity contribution in [2.45, 2.75) is 6.92 Å². The van der Waals surface area contributed by atoms with Crippen molar-refractivity contribution in [1.82, 2.24) is 0 Å². The number of hydrogen-bond acceptors (Lipinski definition) is 8. The van der Waals surface area contributed by atoms with Crippen LogP contribution in [0.1, 0.15) is 5.56 Å². The van der Waals surface area contributed by atoms with E-state index >= 15 is 0 Å². The Kier molecular flexibility index (Phi) is 7.30. The van der Waals surface area contributed by atoms with Gasteiger partial charge in [0.1, 0.15) is 11.2 Å². The number of furan rings is 1. The highest BCUT2D eigenvalue weighted by molar-refractivity contribution is 6.31. The minimum absolute atomic E-state index is 0.0216. The zero-order valence-corrected chi connectivity index (χ0v) is 30.2. The third kappa shape index (κ3) is 4.87. The average molecular weight is 749 g/mol. The fraction of sp³-hybridized carbons (Fsp3) is 0.0204. The zero-order valence-electron chi connectivity index (χ0n) is 30.2. The molecule has 1 aromatic heterocycles. The van der Waals surface area contributed by atoms with E-state index in [0.717, 1.165) is 33.0 Å². The molecule has 8 nitrogen and oxygen atoms in total. The summed E-state index contributed by atoms with van der Waals surface area (Å²) < 4.78 is 6.36. The molecule has 0 saturated carbocycles. The summed E-state index contributed by atoms with van der Waals surface area (Å²) in [4.78, 5) is 0. The lowest BCUT2D eigenvalue weighted by atomic mass is 9.81. The standard InChI is InChI=1S/C49H32O8/c1-24-36-37(29-20-18-28(19-21-29)27-16-14-26(15-17-27)25-8-3-2-4-9-25)41-42(46(53)49(56)48(55)45(41)52)39(40(36)44(51)47(54)43(24)50)32-12-7-13-34-38(32)33-22-30-10-5-6-11-31(30)23-35(33)57-34/h2-23,50-56H,1H3. The van der Waals surface area contributed by atoms with Crippen LogP contribution in [0.5, 0.6) is 40.2 Å². The van der Waals surface area contributed by atoms with Gasteiger partial charge in [-0.2, -0.15) is 0 Å². The maximum atomic E-state index is 11.9. The van der Waals surface area contributed by atoms with Crippen LogP contribution in [0, 0.1) is 6.92 Å². The quantitative estimate of drug-likeness (QED) is 0.0533. The van der Waals surface area contributed by atoms with Crippen LogP contribution in [0.4, 0.5) is 0 Å². The van der Waals surface area contributed by atoms with E-state index in [0.29, 0.717) is 33.1 Å². The number of benzene rings is 9. The number of phenolic OH excluding ortho intramolecular Hbond substituents is 7. The molecule has 0 radical (unpaired) electrons. The van der Waals surface area contributed by atoms with Crippen molar-refractivity contribution >= 4 is 54.3 Å². The summed E-state index contributed by atoms with van der Waals surface area (Å²) in [5.41, 5.74) is 6.41. The highest BCUT2D eigenvalue weighted by atomic mass is 16.3. The topological polar surface area (TPSA) is 155 Å². The van der Waals surface area contributed by atoms with Crippen LogP contribution in [0.3, 0.4) is 0 Å². The van der Waals surface area contributed by atoms with E-state index in [2.05, 4.69) is 0 Å². The van der Waals surface area contributed by atoms with E-state index < -0.39 is 40.2 Å². The minimum Gasteiger partial charge on any atom is -0.504 e. The van der Waals surface area contributed by atoms with Gasteiger partial charge in [-0.05, 0) is 69.3 Å². The molecule has 0 aliphatic carbocycles. The first kappa shape index (κ1) is 33.7. The lowest BCUT2D eigenvalue weighted by molar-refractivity contribution is 0.351. The first-order valence-electron chi connectivity index (χ1n) is 18.3. The molecule has 8 heteroatoms. The summed E-state index contributed by atoms with van der Waals surface area (Å²) in [5.74, 6) is -5.51. The first-order chi connectivity index (χ1) is 27.6. The van der Waals surface area contributed by atoms with Gasteiger partial charge in [-0.3, -0.25) is 0 Å². The fourth-order valence-corrected chi connectivity index (χ4v) is 8.42. The van der Waals surface area contributed by atoms with Gasteiger partial charge in [-0.1, -0.05) is 115 Å². The molecule has 276 valence electrons. The van der Waals surface area contributed by atoms with Crippen molar-refractivity contribution in [3.8, 4) is 84.8 Å². The predicted octanol–water partition coefficient (Wildman–Crippen LogP) is 12.0. The van der Waals surface area contributed by atoms with Crippen molar-refractivity contribution in [1.29, 1.82) is 0 Å². The van der Waals surface area contributed by atoms with Crippen LogP contribution in [0.2, 0.25) is 0 Å². The van der Waals surface area contributed by atoms with E-state index in [1.54, 1.807) is 37.3 Å². The molecule has 9 aromatic carbocycles. The molecule has 10 aromatic rings. The molecular formula is C49H32O8. The average Bonchev–Trinajstić information content (AvgIpc) is 3.62. The Balaban J connectivity index is 1.30. The third-order valence-corrected chi connectivity index (χ3v) is 11.2. The second-order valence-electron chi connectivity index (χ2n) is 14.3. The Bertz CT molecular complexity index is 3210. The molecule has 10 rings (SSSR count). The van der Waals surface area contributed by atoms with Gasteiger partial charge in [0.15, 0.2) is 23.0 Å². The van der Waals surface area contributed by atoms with E-state index in [1.807, 2.05) is 103 Å². The van der Waals surface area contributed by atoms with Crippen LogP contribution in [0.15, 0.2) is 138 Å². The van der Waals surface area contributed by atoms with Gasteiger partial charge < -0.3 is 40.2 Å². The molecular weight excluding hydrogens is 717 g/mol. The van der Waals surface area contributed by atoms with Gasteiger partial charge in [0.2, 0.25) is 17.2 Å². The molecule has 57 heavy (non-hydrogen) atoms. The van der Waals surface area contributed by atoms with Crippen LogP contribution in [-0.2, 0) is 0 Å². The maximum absolute atomic E-state index is 11.9. The molecule has 0 fully saturated rings. The van der Waals surface area contributed by atoms with Crippen LogP contribution < -0.4 is 0 Å². The van der Waals surface area contributed by atoms with Gasteiger partial charge >= 0.3 is 0 Å². The minimum atomic E-state index is -0.977. The molecule has 0 spiro atoms. The van der Waals surface area contributed by atoms with Crippen LogP contribution in [0.25, 0.3) is 98.8 Å². The van der Waals surface area contributed by atoms with Crippen molar-refractivity contribution in [3.63, 3.8) is 0 Å². The monoisotopic (exact) mass is 748 g/mol. The number of phenols is 7. The first-order valence-corrected chi connectivity index (χ1v) is 18.3. The Morgan fingerprint density at radius 1 is 0.351 bits per heavy atom. The van der Waals surface area contributed by atoms with Crippen molar-refractivity contribution in [2.75, 3.05) is 0 Å². The Morgan fingerprint density at radius 3 is 1.42 bits per heavy atom. The Labute approximate surface area is 324 Å². The largest absolute Gasteiger partial charge is 0.504 e. The molecule has 0 aliphatic heterocycles. The number of hydrogen-bond donors (Lipinski definition) is 7. The normalized spacial score (nSPS) is 11.7. The van der Waals surface area contributed by atoms with Crippen LogP contribution >= 0.6 is 0 Å². The molecule has 0 unspecified atom stereocenters. The van der Waals surface area contributed by atoms with E-state index in [4.69, 9.17) is 4.42 Å². The van der Waals surface area contributed by atoms with Gasteiger partial charge in [-0.25, -0.2) is 0 Å². The van der Waals surface area contributed by atoms with Gasteiger partial charge in [0, 0.05) is 49.0 Å². The summed E-state index contributed by atoms with van der Waals surface area (Å²) in [6.07, 6.45) is 0. The highest BCUT2D eigenvalue weighted by Crippen LogP contribution is 2.61. The summed E-state index contributed by atoms with van der Waals surface area (Å²) in [7, 11) is 0. The molecule has 0 amide bonds. The second-order valence-corrected chi connectivity index (χ2v) is 14.3. The smallest absolute Gasteiger partial charge is 0.204 e. The molecule has 0 atom stereocenters. The lowest BCUT2D eigenvalue weighted by Crippen LogP contribution is -1.96. The van der Waals surface area contributed by atoms with Crippen LogP contribution in [-0.4, -0.2) is 35.7 Å². The number of aromatic hydroxyl groups is 7. The number of rotatable bonds is 4. The molecule has 0 bridgehead atoms. The predicted molar refractivity (Wildman–Crippen MR) is 224 cm³/mol. The van der Waals surface area contributed by atoms with Gasteiger partial charge in [0.05, 0.1) is 0 Å². The summed E-state index contributed by atoms with van der Waals surface area (Å²) >= 11 is 0. The van der Waals surface area contributed by atoms with Crippen molar-refractivity contribution in [2.24, 2.45) is 0 Å². The van der Waals surface area contributed by atoms with E-state index in [9.17, 15) is 35.7 Å². The van der Waals surface area contributed by atoms with Crippen molar-refractivity contribution < 1.29 is 40.2 Å². The van der Waals surface area contributed by atoms with Crippen molar-refractivity contribution in [3.05, 3.63) is 139 Å². The molecule has 1 heterocycles. The maximum Gasteiger partial charge on any atom is 0.204 e. The summed E-state index contributed by atoms with van der Waals surface area (Å²) in [6.45, 7) is 1.57. The molecule has 0 aliphatic rings. The summed E-state index contributed by atoms with van der Waals surface area (Å²) in [6, 6.07) is 42.5. The Hall–Kier alpha value is -7.84. The second kappa shape index (κ2) is 12.3. The zero-order chi connectivity index (χ0) is 39.3. The highest BCUT2D eigenvalue weighted by Gasteiger charge is 2.32. The molecule has 7 N–H and O–H groups in total.